The molecule has 5 rings (SSSR count). The Kier molecular flexibility index (Phi) is 5.23. The molecular formula is C27H27N3O3. The van der Waals surface area contributed by atoms with Gasteiger partial charge in [0, 0.05) is 16.7 Å². The molecule has 0 saturated carbocycles. The van der Waals surface area contributed by atoms with Crippen molar-refractivity contribution >= 4 is 17.3 Å². The molecule has 1 aromatic heterocycles. The number of hydrogen-bond donors (Lipinski definition) is 0. The molecule has 2 aliphatic rings. The van der Waals surface area contributed by atoms with E-state index in [0.29, 0.717) is 22.5 Å². The van der Waals surface area contributed by atoms with Gasteiger partial charge in [-0.2, -0.15) is 0 Å². The van der Waals surface area contributed by atoms with Gasteiger partial charge in [-0.05, 0) is 32.3 Å². The zero-order valence-corrected chi connectivity index (χ0v) is 19.2. The van der Waals surface area contributed by atoms with Crippen LogP contribution in [0.15, 0.2) is 60.3 Å². The molecule has 6 nitrogen and oxygen atoms in total. The first-order chi connectivity index (χ1) is 15.9. The standard InChI is InChI=1S/C27H27N3O3/c1-4-5-6-9-17-12-14-18(15-13-17)21-16-30(29-28-21)26-22-24(32)23(31)19-10-7-8-11-20(19)25(22)33-27(26,2)3/h7-8,10-16,26H,4-6,9H2,1-3H3. The fraction of sp³-hybridized carbons (Fsp3) is 0.333. The van der Waals surface area contributed by atoms with Gasteiger partial charge in [0.15, 0.2) is 0 Å². The van der Waals surface area contributed by atoms with E-state index in [0.717, 1.165) is 17.7 Å². The van der Waals surface area contributed by atoms with E-state index in [4.69, 9.17) is 4.74 Å². The summed E-state index contributed by atoms with van der Waals surface area (Å²) in [6, 6.07) is 14.9. The summed E-state index contributed by atoms with van der Waals surface area (Å²) in [5, 5.41) is 8.72. The number of hydrogen-bond acceptors (Lipinski definition) is 5. The third-order valence-corrected chi connectivity index (χ3v) is 6.50. The lowest BCUT2D eigenvalue weighted by atomic mass is 9.83. The second-order valence-corrected chi connectivity index (χ2v) is 9.29. The van der Waals surface area contributed by atoms with Crippen molar-refractivity contribution in [1.29, 1.82) is 0 Å². The summed E-state index contributed by atoms with van der Waals surface area (Å²) in [5.74, 6) is -0.568. The first-order valence-corrected chi connectivity index (χ1v) is 11.5. The Morgan fingerprint density at radius 1 is 0.970 bits per heavy atom. The number of aromatic nitrogens is 3. The van der Waals surface area contributed by atoms with E-state index in [9.17, 15) is 9.59 Å². The van der Waals surface area contributed by atoms with Crippen LogP contribution in [0.1, 0.15) is 67.6 Å². The summed E-state index contributed by atoms with van der Waals surface area (Å²) in [6.07, 6.45) is 6.54. The van der Waals surface area contributed by atoms with Crippen molar-refractivity contribution < 1.29 is 14.3 Å². The second kappa shape index (κ2) is 8.10. The van der Waals surface area contributed by atoms with Gasteiger partial charge in [0.2, 0.25) is 11.6 Å². The highest BCUT2D eigenvalue weighted by Crippen LogP contribution is 2.49. The Labute approximate surface area is 193 Å². The van der Waals surface area contributed by atoms with Gasteiger partial charge < -0.3 is 4.74 Å². The normalized spacial score (nSPS) is 18.8. The number of nitrogens with zero attached hydrogens (tertiary/aromatic N) is 3. The lowest BCUT2D eigenvalue weighted by Crippen LogP contribution is -2.35. The number of ketones is 2. The van der Waals surface area contributed by atoms with Crippen LogP contribution in [0.25, 0.3) is 17.0 Å². The maximum absolute atomic E-state index is 13.1. The van der Waals surface area contributed by atoms with Crippen molar-refractivity contribution in [2.75, 3.05) is 0 Å². The molecule has 0 radical (unpaired) electrons. The highest BCUT2D eigenvalue weighted by Gasteiger charge is 2.52. The summed E-state index contributed by atoms with van der Waals surface area (Å²) in [4.78, 5) is 25.9. The number of unbranched alkanes of at least 4 members (excludes halogenated alkanes) is 2. The summed E-state index contributed by atoms with van der Waals surface area (Å²) < 4.78 is 7.92. The van der Waals surface area contributed by atoms with Crippen LogP contribution >= 0.6 is 0 Å². The van der Waals surface area contributed by atoms with E-state index >= 15 is 0 Å². The van der Waals surface area contributed by atoms with Crippen molar-refractivity contribution in [2.24, 2.45) is 0 Å². The molecular weight excluding hydrogens is 414 g/mol. The van der Waals surface area contributed by atoms with Gasteiger partial charge in [-0.15, -0.1) is 5.10 Å². The van der Waals surface area contributed by atoms with Gasteiger partial charge in [-0.1, -0.05) is 73.5 Å². The molecule has 1 unspecified atom stereocenters. The number of benzene rings is 2. The first-order valence-electron chi connectivity index (χ1n) is 11.5. The molecule has 2 aromatic carbocycles. The Morgan fingerprint density at radius 3 is 2.42 bits per heavy atom. The van der Waals surface area contributed by atoms with Crippen LogP contribution in [-0.4, -0.2) is 32.2 Å². The minimum atomic E-state index is -0.772. The smallest absolute Gasteiger partial charge is 0.235 e. The zero-order chi connectivity index (χ0) is 23.2. The summed E-state index contributed by atoms with van der Waals surface area (Å²) in [7, 11) is 0. The molecule has 6 heteroatoms. The third-order valence-electron chi connectivity index (χ3n) is 6.50. The number of aryl methyl sites for hydroxylation is 1. The lowest BCUT2D eigenvalue weighted by molar-refractivity contribution is -0.112. The molecule has 3 aromatic rings. The van der Waals surface area contributed by atoms with E-state index in [1.807, 2.05) is 32.2 Å². The van der Waals surface area contributed by atoms with Crippen molar-refractivity contribution in [1.82, 2.24) is 15.0 Å². The Bertz CT molecular complexity index is 1270. The second-order valence-electron chi connectivity index (χ2n) is 9.29. The predicted octanol–water partition coefficient (Wildman–Crippen LogP) is 5.20. The van der Waals surface area contributed by atoms with Crippen molar-refractivity contribution in [3.05, 3.63) is 77.0 Å². The van der Waals surface area contributed by atoms with Crippen LogP contribution in [-0.2, 0) is 16.0 Å². The topological polar surface area (TPSA) is 74.1 Å². The van der Waals surface area contributed by atoms with E-state index in [2.05, 4.69) is 41.5 Å². The van der Waals surface area contributed by atoms with Crippen LogP contribution in [0.3, 0.4) is 0 Å². The minimum Gasteiger partial charge on any atom is -0.484 e. The number of ether oxygens (including phenoxy) is 1. The van der Waals surface area contributed by atoms with E-state index in [1.165, 1.54) is 24.8 Å². The van der Waals surface area contributed by atoms with Gasteiger partial charge in [-0.25, -0.2) is 4.68 Å². The van der Waals surface area contributed by atoms with Crippen LogP contribution < -0.4 is 0 Å². The van der Waals surface area contributed by atoms with Crippen molar-refractivity contribution in [2.45, 2.75) is 58.1 Å². The molecule has 0 N–H and O–H groups in total. The fourth-order valence-electron chi connectivity index (χ4n) is 4.80. The monoisotopic (exact) mass is 441 g/mol. The number of carbonyl (C=O) groups excluding carboxylic acids is 2. The Balaban J connectivity index is 1.48. The fourth-order valence-corrected chi connectivity index (χ4v) is 4.80. The largest absolute Gasteiger partial charge is 0.484 e. The average molecular weight is 442 g/mol. The van der Waals surface area contributed by atoms with E-state index < -0.39 is 23.2 Å². The zero-order valence-electron chi connectivity index (χ0n) is 19.2. The van der Waals surface area contributed by atoms with Gasteiger partial charge in [0.05, 0.1) is 11.8 Å². The maximum Gasteiger partial charge on any atom is 0.235 e. The maximum atomic E-state index is 13.1. The molecule has 1 atom stereocenters. The SMILES string of the molecule is CCCCCc1ccc(-c2cn(C3C4=C(OC3(C)C)c3ccccc3C(=O)C4=O)nn2)cc1. The first kappa shape index (κ1) is 21.3. The van der Waals surface area contributed by atoms with E-state index in [-0.39, 0.29) is 0 Å². The number of Topliss-reactive ketones (excluding diaryl/α,β-unsaturated/α-hetero) is 2. The van der Waals surface area contributed by atoms with Gasteiger partial charge in [-0.3, -0.25) is 9.59 Å². The van der Waals surface area contributed by atoms with Gasteiger partial charge in [0.1, 0.15) is 23.1 Å². The molecule has 168 valence electrons. The molecule has 0 spiro atoms. The highest BCUT2D eigenvalue weighted by atomic mass is 16.5. The highest BCUT2D eigenvalue weighted by molar-refractivity contribution is 6.52. The molecule has 33 heavy (non-hydrogen) atoms. The predicted molar refractivity (Wildman–Crippen MR) is 126 cm³/mol. The summed E-state index contributed by atoms with van der Waals surface area (Å²) in [6.45, 7) is 6.02. The number of rotatable bonds is 6. The van der Waals surface area contributed by atoms with Crippen LogP contribution in [0.5, 0.6) is 0 Å². The third kappa shape index (κ3) is 3.59. The number of carbonyl (C=O) groups is 2. The molecule has 2 heterocycles. The lowest BCUT2D eigenvalue weighted by Gasteiger charge is -2.27. The summed E-state index contributed by atoms with van der Waals surface area (Å²) in [5.41, 5.74) is 3.61. The molecule has 0 amide bonds. The number of fused-ring (bicyclic) bond motifs is 2. The van der Waals surface area contributed by atoms with Crippen LogP contribution in [0, 0.1) is 0 Å². The average Bonchev–Trinajstić information content (AvgIpc) is 3.40. The molecule has 0 bridgehead atoms. The van der Waals surface area contributed by atoms with Gasteiger partial charge >= 0.3 is 0 Å². The molecule has 0 fully saturated rings. The van der Waals surface area contributed by atoms with Gasteiger partial charge in [0.25, 0.3) is 0 Å². The Morgan fingerprint density at radius 2 is 1.70 bits per heavy atom. The quantitative estimate of drug-likeness (QED) is 0.388. The molecule has 0 saturated heterocycles. The van der Waals surface area contributed by atoms with Crippen LogP contribution in [0.4, 0.5) is 0 Å². The summed E-state index contributed by atoms with van der Waals surface area (Å²) >= 11 is 0. The van der Waals surface area contributed by atoms with Crippen molar-refractivity contribution in [3.63, 3.8) is 0 Å². The van der Waals surface area contributed by atoms with Crippen LogP contribution in [0.2, 0.25) is 0 Å². The Hall–Kier alpha value is -3.54. The van der Waals surface area contributed by atoms with Crippen molar-refractivity contribution in [3.8, 4) is 11.3 Å². The minimum absolute atomic E-state index is 0.353. The molecule has 1 aliphatic carbocycles. The van der Waals surface area contributed by atoms with E-state index in [1.54, 1.807) is 16.8 Å². The molecule has 1 aliphatic heterocycles.